The summed E-state index contributed by atoms with van der Waals surface area (Å²) in [7, 11) is 1.60. The number of benzene rings is 2. The Morgan fingerprint density at radius 2 is 1.83 bits per heavy atom. The lowest BCUT2D eigenvalue weighted by Gasteiger charge is -2.12. The Morgan fingerprint density at radius 1 is 1.17 bits per heavy atom. The minimum atomic E-state index is -0.220. The number of carbonyl (C=O) groups is 1. The van der Waals surface area contributed by atoms with E-state index in [0.29, 0.717) is 10.7 Å². The summed E-state index contributed by atoms with van der Waals surface area (Å²) in [4.78, 5) is 12.3. The second-order valence-electron chi connectivity index (χ2n) is 5.47. The van der Waals surface area contributed by atoms with E-state index in [1.807, 2.05) is 60.0 Å². The minimum absolute atomic E-state index is 0.0348. The number of nitrogens with one attached hydrogen (secondary N) is 1. The zero-order chi connectivity index (χ0) is 16.6. The molecule has 1 atom stereocenters. The number of nitrogens with two attached hydrogens (primary N) is 1. The van der Waals surface area contributed by atoms with Crippen molar-refractivity contribution >= 4 is 28.4 Å². The Hall–Kier alpha value is -2.30. The van der Waals surface area contributed by atoms with E-state index in [9.17, 15) is 4.79 Å². The summed E-state index contributed by atoms with van der Waals surface area (Å²) in [5, 5.41) is 3.96. The van der Waals surface area contributed by atoms with E-state index in [1.54, 1.807) is 7.05 Å². The average Bonchev–Trinajstić information content (AvgIpc) is 2.87. The van der Waals surface area contributed by atoms with Crippen molar-refractivity contribution in [3.63, 3.8) is 0 Å². The largest absolute Gasteiger partial charge is 0.354 e. The molecule has 1 amide bonds. The van der Waals surface area contributed by atoms with Gasteiger partial charge in [-0.3, -0.25) is 4.79 Å². The van der Waals surface area contributed by atoms with Gasteiger partial charge in [-0.1, -0.05) is 41.9 Å². The van der Waals surface area contributed by atoms with Crippen molar-refractivity contribution in [2.45, 2.75) is 13.0 Å². The summed E-state index contributed by atoms with van der Waals surface area (Å²) in [5.41, 5.74) is 9.14. The third kappa shape index (κ3) is 2.60. The first-order valence-corrected chi connectivity index (χ1v) is 7.79. The third-order valence-corrected chi connectivity index (χ3v) is 4.31. The van der Waals surface area contributed by atoms with Gasteiger partial charge in [0.15, 0.2) is 0 Å². The number of aromatic nitrogens is 1. The molecule has 0 saturated carbocycles. The van der Waals surface area contributed by atoms with Crippen molar-refractivity contribution in [3.05, 3.63) is 64.8 Å². The van der Waals surface area contributed by atoms with Crippen molar-refractivity contribution < 1.29 is 4.79 Å². The maximum atomic E-state index is 12.3. The fourth-order valence-corrected chi connectivity index (χ4v) is 3.05. The lowest BCUT2D eigenvalue weighted by Crippen LogP contribution is -2.21. The van der Waals surface area contributed by atoms with Crippen molar-refractivity contribution in [1.82, 2.24) is 9.88 Å². The van der Waals surface area contributed by atoms with Gasteiger partial charge in [0.2, 0.25) is 0 Å². The Labute approximate surface area is 139 Å². The van der Waals surface area contributed by atoms with Gasteiger partial charge in [-0.2, -0.15) is 0 Å². The topological polar surface area (TPSA) is 60.0 Å². The number of para-hydroxylation sites is 1. The second kappa shape index (κ2) is 6.07. The highest BCUT2D eigenvalue weighted by Crippen LogP contribution is 2.33. The molecule has 0 spiro atoms. The minimum Gasteiger partial charge on any atom is -0.354 e. The Kier molecular flexibility index (Phi) is 4.11. The van der Waals surface area contributed by atoms with Crippen LogP contribution >= 0.6 is 11.6 Å². The molecule has 4 nitrogen and oxygen atoms in total. The first kappa shape index (κ1) is 15.6. The fourth-order valence-electron chi connectivity index (χ4n) is 2.72. The second-order valence-corrected chi connectivity index (χ2v) is 5.85. The predicted molar refractivity (Wildman–Crippen MR) is 94.3 cm³/mol. The normalized spacial score (nSPS) is 12.3. The molecule has 3 rings (SSSR count). The van der Waals surface area contributed by atoms with Gasteiger partial charge in [0.25, 0.3) is 5.91 Å². The molecule has 2 aromatic carbocycles. The van der Waals surface area contributed by atoms with E-state index in [4.69, 9.17) is 17.3 Å². The number of nitrogens with zero attached hydrogens (tertiary/aromatic N) is 1. The van der Waals surface area contributed by atoms with Gasteiger partial charge < -0.3 is 15.6 Å². The standard InChI is InChI=1S/C18H18ClN3O/c1-11(20)12-7-9-13(10-8-12)22-15-6-4-3-5-14(15)16(19)17(22)18(23)21-2/h3-11H,20H2,1-2H3,(H,21,23). The van der Waals surface area contributed by atoms with Crippen LogP contribution in [0, 0.1) is 0 Å². The van der Waals surface area contributed by atoms with E-state index in [2.05, 4.69) is 5.32 Å². The average molecular weight is 328 g/mol. The Bertz CT molecular complexity index is 866. The van der Waals surface area contributed by atoms with Crippen LogP contribution in [-0.4, -0.2) is 17.5 Å². The van der Waals surface area contributed by atoms with Gasteiger partial charge in [0.05, 0.1) is 10.5 Å². The van der Waals surface area contributed by atoms with E-state index >= 15 is 0 Å². The first-order chi connectivity index (χ1) is 11.0. The van der Waals surface area contributed by atoms with Gasteiger partial charge in [-0.05, 0) is 30.7 Å². The molecule has 118 valence electrons. The third-order valence-electron chi connectivity index (χ3n) is 3.93. The highest BCUT2D eigenvalue weighted by Gasteiger charge is 2.21. The lowest BCUT2D eigenvalue weighted by atomic mass is 10.1. The number of fused-ring (bicyclic) bond motifs is 1. The van der Waals surface area contributed by atoms with Crippen molar-refractivity contribution in [2.75, 3.05) is 7.05 Å². The van der Waals surface area contributed by atoms with Gasteiger partial charge in [0, 0.05) is 24.2 Å². The monoisotopic (exact) mass is 327 g/mol. The molecule has 5 heteroatoms. The number of hydrogen-bond donors (Lipinski definition) is 2. The smallest absolute Gasteiger partial charge is 0.269 e. The molecule has 0 radical (unpaired) electrons. The SMILES string of the molecule is CNC(=O)c1c(Cl)c2ccccc2n1-c1ccc(C(C)N)cc1. The Morgan fingerprint density at radius 3 is 2.43 bits per heavy atom. The number of hydrogen-bond acceptors (Lipinski definition) is 2. The van der Waals surface area contributed by atoms with E-state index < -0.39 is 0 Å². The predicted octanol–water partition coefficient (Wildman–Crippen LogP) is 3.66. The van der Waals surface area contributed by atoms with Gasteiger partial charge >= 0.3 is 0 Å². The number of amides is 1. The molecule has 1 heterocycles. The quantitative estimate of drug-likeness (QED) is 0.771. The first-order valence-electron chi connectivity index (χ1n) is 7.41. The van der Waals surface area contributed by atoms with Crippen LogP contribution in [0.2, 0.25) is 5.02 Å². The maximum absolute atomic E-state index is 12.3. The summed E-state index contributed by atoms with van der Waals surface area (Å²) in [6.07, 6.45) is 0. The number of carbonyl (C=O) groups excluding carboxylic acids is 1. The molecule has 3 N–H and O–H groups in total. The van der Waals surface area contributed by atoms with E-state index in [0.717, 1.165) is 22.2 Å². The molecule has 1 unspecified atom stereocenters. The molecular weight excluding hydrogens is 310 g/mol. The summed E-state index contributed by atoms with van der Waals surface area (Å²) in [5.74, 6) is -0.220. The van der Waals surface area contributed by atoms with Crippen LogP contribution in [-0.2, 0) is 0 Å². The molecule has 3 aromatic rings. The van der Waals surface area contributed by atoms with Crippen LogP contribution < -0.4 is 11.1 Å². The molecule has 0 aliphatic carbocycles. The van der Waals surface area contributed by atoms with Crippen LogP contribution in [0.4, 0.5) is 0 Å². The van der Waals surface area contributed by atoms with Gasteiger partial charge in [-0.25, -0.2) is 0 Å². The maximum Gasteiger partial charge on any atom is 0.269 e. The summed E-state index contributed by atoms with van der Waals surface area (Å²) < 4.78 is 1.88. The van der Waals surface area contributed by atoms with Crippen molar-refractivity contribution in [3.8, 4) is 5.69 Å². The summed E-state index contributed by atoms with van der Waals surface area (Å²) >= 11 is 6.47. The molecule has 0 aliphatic rings. The van der Waals surface area contributed by atoms with E-state index in [-0.39, 0.29) is 11.9 Å². The molecule has 1 aromatic heterocycles. The van der Waals surface area contributed by atoms with Crippen LogP contribution in [0.1, 0.15) is 29.0 Å². The van der Waals surface area contributed by atoms with Gasteiger partial charge in [-0.15, -0.1) is 0 Å². The summed E-state index contributed by atoms with van der Waals surface area (Å²) in [6, 6.07) is 15.5. The summed E-state index contributed by atoms with van der Waals surface area (Å²) in [6.45, 7) is 1.94. The fraction of sp³-hybridized carbons (Fsp3) is 0.167. The van der Waals surface area contributed by atoms with Crippen LogP contribution in [0.3, 0.4) is 0 Å². The molecular formula is C18H18ClN3O. The molecule has 0 aliphatic heterocycles. The molecule has 0 bridgehead atoms. The highest BCUT2D eigenvalue weighted by atomic mass is 35.5. The van der Waals surface area contributed by atoms with E-state index in [1.165, 1.54) is 0 Å². The lowest BCUT2D eigenvalue weighted by molar-refractivity contribution is 0.0957. The Balaban J connectivity index is 2.28. The van der Waals surface area contributed by atoms with Gasteiger partial charge in [0.1, 0.15) is 5.69 Å². The zero-order valence-electron chi connectivity index (χ0n) is 13.0. The zero-order valence-corrected chi connectivity index (χ0v) is 13.8. The van der Waals surface area contributed by atoms with Crippen LogP contribution in [0.25, 0.3) is 16.6 Å². The molecule has 0 saturated heterocycles. The van der Waals surface area contributed by atoms with Crippen LogP contribution in [0.5, 0.6) is 0 Å². The molecule has 23 heavy (non-hydrogen) atoms. The number of halogens is 1. The highest BCUT2D eigenvalue weighted by molar-refractivity contribution is 6.39. The molecule has 0 fully saturated rings. The number of rotatable bonds is 3. The van der Waals surface area contributed by atoms with Crippen molar-refractivity contribution in [2.24, 2.45) is 5.73 Å². The van der Waals surface area contributed by atoms with Crippen LogP contribution in [0.15, 0.2) is 48.5 Å². The van der Waals surface area contributed by atoms with Crippen molar-refractivity contribution in [1.29, 1.82) is 0 Å².